The Balaban J connectivity index is 1.25. The quantitative estimate of drug-likeness (QED) is 0.410. The topological polar surface area (TPSA) is 71.0 Å². The van der Waals surface area contributed by atoms with Crippen molar-refractivity contribution in [3.05, 3.63) is 52.0 Å². The van der Waals surface area contributed by atoms with Crippen LogP contribution in [0.25, 0.3) is 21.5 Å². The van der Waals surface area contributed by atoms with E-state index >= 15 is 0 Å². The molecule has 170 valence electrons. The lowest BCUT2D eigenvalue weighted by Gasteiger charge is -2.32. The molecule has 0 bridgehead atoms. The van der Waals surface area contributed by atoms with Gasteiger partial charge in [0.05, 0.1) is 11.1 Å². The van der Waals surface area contributed by atoms with Gasteiger partial charge in [-0.15, -0.1) is 22.7 Å². The molecule has 33 heavy (non-hydrogen) atoms. The maximum Gasteiger partial charge on any atom is 0.229 e. The van der Waals surface area contributed by atoms with Crippen molar-refractivity contribution in [2.24, 2.45) is 5.92 Å². The number of carbonyl (C=O) groups is 1. The first kappa shape index (κ1) is 21.8. The second-order valence-electron chi connectivity index (χ2n) is 8.07. The standard InChI is InChI=1S/C23H21F2N5OS2/c1-12-13(2)33-22-19(12)20(26-11-27-22)30-7-5-14(6-8-30)21(31)29-23-28-18(10-32-23)16-9-15(24)3-4-17(16)25/h3-4,9-11,14H,5-8H2,1-2H3,(H,28,29,31). The molecule has 4 heterocycles. The summed E-state index contributed by atoms with van der Waals surface area (Å²) in [5.41, 5.74) is 1.59. The lowest BCUT2D eigenvalue weighted by molar-refractivity contribution is -0.120. The molecule has 10 heteroatoms. The number of nitrogens with one attached hydrogen (secondary N) is 1. The van der Waals surface area contributed by atoms with Crippen molar-refractivity contribution in [3.63, 3.8) is 0 Å². The number of amides is 1. The van der Waals surface area contributed by atoms with E-state index in [1.807, 2.05) is 0 Å². The van der Waals surface area contributed by atoms with Gasteiger partial charge in [0, 0.05) is 34.8 Å². The zero-order chi connectivity index (χ0) is 23.1. The largest absolute Gasteiger partial charge is 0.356 e. The van der Waals surface area contributed by atoms with Gasteiger partial charge in [-0.05, 0) is 50.5 Å². The molecule has 0 radical (unpaired) electrons. The van der Waals surface area contributed by atoms with E-state index in [4.69, 9.17) is 0 Å². The zero-order valence-corrected chi connectivity index (χ0v) is 19.7. The average Bonchev–Trinajstić information content (AvgIpc) is 3.39. The molecule has 0 spiro atoms. The second kappa shape index (κ2) is 8.75. The van der Waals surface area contributed by atoms with Crippen LogP contribution in [0.15, 0.2) is 29.9 Å². The Morgan fingerprint density at radius 1 is 1.18 bits per heavy atom. The molecule has 5 rings (SSSR count). The van der Waals surface area contributed by atoms with Gasteiger partial charge in [0.2, 0.25) is 5.91 Å². The Bertz CT molecular complexity index is 1340. The Hall–Kier alpha value is -2.98. The van der Waals surface area contributed by atoms with Gasteiger partial charge in [0.25, 0.3) is 0 Å². The molecule has 1 fully saturated rings. The Morgan fingerprint density at radius 2 is 1.97 bits per heavy atom. The number of thiazole rings is 1. The van der Waals surface area contributed by atoms with Crippen molar-refractivity contribution in [1.82, 2.24) is 15.0 Å². The fraction of sp³-hybridized carbons (Fsp3) is 0.304. The highest BCUT2D eigenvalue weighted by molar-refractivity contribution is 7.18. The summed E-state index contributed by atoms with van der Waals surface area (Å²) in [7, 11) is 0. The monoisotopic (exact) mass is 485 g/mol. The van der Waals surface area contributed by atoms with E-state index in [0.717, 1.165) is 47.3 Å². The number of hydrogen-bond acceptors (Lipinski definition) is 7. The fourth-order valence-corrected chi connectivity index (χ4v) is 5.82. The lowest BCUT2D eigenvalue weighted by Crippen LogP contribution is -2.38. The third-order valence-electron chi connectivity index (χ3n) is 6.05. The predicted molar refractivity (Wildman–Crippen MR) is 128 cm³/mol. The molecule has 4 aromatic rings. The summed E-state index contributed by atoms with van der Waals surface area (Å²) in [6.45, 7) is 5.63. The minimum absolute atomic E-state index is 0.0789. The minimum atomic E-state index is -0.554. The first-order valence-electron chi connectivity index (χ1n) is 10.6. The number of aryl methyl sites for hydroxylation is 2. The van der Waals surface area contributed by atoms with Crippen LogP contribution in [0.5, 0.6) is 0 Å². The summed E-state index contributed by atoms with van der Waals surface area (Å²) in [4.78, 5) is 30.5. The fourth-order valence-electron chi connectivity index (χ4n) is 4.11. The molecule has 1 aliphatic rings. The smallest absolute Gasteiger partial charge is 0.229 e. The number of anilines is 2. The Labute approximate surface area is 197 Å². The maximum atomic E-state index is 14.0. The van der Waals surface area contributed by atoms with Gasteiger partial charge in [-0.1, -0.05) is 0 Å². The average molecular weight is 486 g/mol. The van der Waals surface area contributed by atoms with E-state index < -0.39 is 11.6 Å². The summed E-state index contributed by atoms with van der Waals surface area (Å²) in [6.07, 6.45) is 2.99. The van der Waals surface area contributed by atoms with Crippen LogP contribution in [0.3, 0.4) is 0 Å². The molecule has 0 unspecified atom stereocenters. The molecule has 6 nitrogen and oxygen atoms in total. The predicted octanol–water partition coefficient (Wildman–Crippen LogP) is 5.56. The molecule has 1 N–H and O–H groups in total. The van der Waals surface area contributed by atoms with Crippen LogP contribution in [0, 0.1) is 31.4 Å². The lowest BCUT2D eigenvalue weighted by atomic mass is 9.96. The van der Waals surface area contributed by atoms with Gasteiger partial charge in [-0.25, -0.2) is 23.7 Å². The summed E-state index contributed by atoms with van der Waals surface area (Å²) in [6, 6.07) is 3.24. The van der Waals surface area contributed by atoms with Gasteiger partial charge in [-0.3, -0.25) is 4.79 Å². The molecule has 1 aliphatic heterocycles. The number of thiophene rings is 1. The second-order valence-corrected chi connectivity index (χ2v) is 10.1. The molecule has 0 atom stereocenters. The van der Waals surface area contributed by atoms with Crippen LogP contribution in [0.2, 0.25) is 0 Å². The number of fused-ring (bicyclic) bond motifs is 1. The molecule has 0 saturated carbocycles. The summed E-state index contributed by atoms with van der Waals surface area (Å²) in [5, 5.41) is 5.93. The first-order chi connectivity index (χ1) is 15.9. The van der Waals surface area contributed by atoms with Gasteiger partial charge in [0.15, 0.2) is 5.13 Å². The highest BCUT2D eigenvalue weighted by Crippen LogP contribution is 2.36. The number of halogens is 2. The van der Waals surface area contributed by atoms with Crippen molar-refractivity contribution in [3.8, 4) is 11.3 Å². The molecule has 1 saturated heterocycles. The molecule has 0 aliphatic carbocycles. The van der Waals surface area contributed by atoms with E-state index in [1.165, 1.54) is 21.8 Å². The number of benzene rings is 1. The number of rotatable bonds is 4. The van der Waals surface area contributed by atoms with Gasteiger partial charge >= 0.3 is 0 Å². The van der Waals surface area contributed by atoms with Gasteiger partial charge in [-0.2, -0.15) is 0 Å². The zero-order valence-electron chi connectivity index (χ0n) is 18.1. The van der Waals surface area contributed by atoms with E-state index in [1.54, 1.807) is 23.0 Å². The normalized spacial score (nSPS) is 14.7. The van der Waals surface area contributed by atoms with Crippen LogP contribution in [-0.2, 0) is 4.79 Å². The number of hydrogen-bond donors (Lipinski definition) is 1. The van der Waals surface area contributed by atoms with Crippen molar-refractivity contribution < 1.29 is 13.6 Å². The molecule has 1 amide bonds. The molecule has 1 aromatic carbocycles. The highest BCUT2D eigenvalue weighted by atomic mass is 32.1. The van der Waals surface area contributed by atoms with Gasteiger partial charge in [0.1, 0.15) is 28.6 Å². The van der Waals surface area contributed by atoms with Crippen molar-refractivity contribution >= 4 is 49.7 Å². The summed E-state index contributed by atoms with van der Waals surface area (Å²) in [5.74, 6) is -0.414. The van der Waals surface area contributed by atoms with Crippen LogP contribution in [0.4, 0.5) is 19.7 Å². The van der Waals surface area contributed by atoms with Crippen molar-refractivity contribution in [2.45, 2.75) is 26.7 Å². The van der Waals surface area contributed by atoms with Crippen LogP contribution < -0.4 is 10.2 Å². The Kier molecular flexibility index (Phi) is 5.79. The van der Waals surface area contributed by atoms with E-state index in [0.29, 0.717) is 23.7 Å². The number of nitrogens with zero attached hydrogens (tertiary/aromatic N) is 4. The summed E-state index contributed by atoms with van der Waals surface area (Å²) >= 11 is 2.87. The van der Waals surface area contributed by atoms with E-state index in [2.05, 4.69) is 39.0 Å². The minimum Gasteiger partial charge on any atom is -0.356 e. The van der Waals surface area contributed by atoms with Crippen LogP contribution in [-0.4, -0.2) is 33.9 Å². The third-order valence-corrected chi connectivity index (χ3v) is 7.92. The Morgan fingerprint density at radius 3 is 2.76 bits per heavy atom. The molecular weight excluding hydrogens is 464 g/mol. The van der Waals surface area contributed by atoms with Gasteiger partial charge < -0.3 is 10.2 Å². The highest BCUT2D eigenvalue weighted by Gasteiger charge is 2.28. The van der Waals surface area contributed by atoms with E-state index in [9.17, 15) is 13.6 Å². The molecular formula is C23H21F2N5OS2. The SMILES string of the molecule is Cc1sc2ncnc(N3CCC(C(=O)Nc4nc(-c5cc(F)ccc5F)cs4)CC3)c2c1C. The van der Waals surface area contributed by atoms with E-state index in [-0.39, 0.29) is 17.4 Å². The molecule has 3 aromatic heterocycles. The maximum absolute atomic E-state index is 14.0. The number of piperidine rings is 1. The number of aromatic nitrogens is 3. The van der Waals surface area contributed by atoms with Crippen LogP contribution in [0.1, 0.15) is 23.3 Å². The summed E-state index contributed by atoms with van der Waals surface area (Å²) < 4.78 is 27.5. The van der Waals surface area contributed by atoms with Crippen LogP contribution >= 0.6 is 22.7 Å². The van der Waals surface area contributed by atoms with Crippen molar-refractivity contribution in [1.29, 1.82) is 0 Å². The van der Waals surface area contributed by atoms with Crippen molar-refractivity contribution in [2.75, 3.05) is 23.3 Å². The third kappa shape index (κ3) is 4.20. The number of carbonyl (C=O) groups excluding carboxylic acids is 1. The first-order valence-corrected chi connectivity index (χ1v) is 12.3.